The maximum Gasteiger partial charge on any atom is 0.248 e. The van der Waals surface area contributed by atoms with Crippen LogP contribution in [0, 0.1) is 13.8 Å². The molecule has 0 radical (unpaired) electrons. The van der Waals surface area contributed by atoms with Crippen molar-refractivity contribution in [1.82, 2.24) is 19.3 Å². The van der Waals surface area contributed by atoms with Gasteiger partial charge in [0.25, 0.3) is 0 Å². The predicted octanol–water partition coefficient (Wildman–Crippen LogP) is 1.60. The molecule has 2 fully saturated rings. The summed E-state index contributed by atoms with van der Waals surface area (Å²) in [6.07, 6.45) is 0. The molecule has 4 rings (SSSR count). The van der Waals surface area contributed by atoms with Gasteiger partial charge in [-0.25, -0.2) is 8.42 Å². The second kappa shape index (κ2) is 9.38. The van der Waals surface area contributed by atoms with Gasteiger partial charge >= 0.3 is 0 Å². The highest BCUT2D eigenvalue weighted by Gasteiger charge is 2.34. The van der Waals surface area contributed by atoms with E-state index in [0.717, 1.165) is 36.9 Å². The van der Waals surface area contributed by atoms with E-state index < -0.39 is 10.0 Å². The largest absolute Gasteiger partial charge is 0.369 e. The fraction of sp³-hybridized carbons (Fsp3) is 0.524. The standard InChI is InChI=1S/C21H28ClN5O4S/c1-16-21(17(2)31-23-16)32(29,30)27-13-11-26(12-14-27)20(28)15-24-7-9-25(10-8-24)19-5-3-18(22)4-6-19/h3-6H,7-15H2,1-2H3. The van der Waals surface area contributed by atoms with Crippen LogP contribution in [0.3, 0.4) is 0 Å². The lowest BCUT2D eigenvalue weighted by molar-refractivity contribution is -0.133. The van der Waals surface area contributed by atoms with E-state index in [4.69, 9.17) is 16.1 Å². The quantitative estimate of drug-likeness (QED) is 0.640. The number of rotatable bonds is 5. The van der Waals surface area contributed by atoms with Crippen molar-refractivity contribution in [3.05, 3.63) is 40.7 Å². The smallest absolute Gasteiger partial charge is 0.248 e. The molecule has 2 aliphatic rings. The first-order chi connectivity index (χ1) is 15.3. The number of benzene rings is 1. The molecule has 1 aromatic carbocycles. The van der Waals surface area contributed by atoms with Crippen LogP contribution in [0.15, 0.2) is 33.7 Å². The zero-order valence-corrected chi connectivity index (χ0v) is 19.9. The number of sulfonamides is 1. The van der Waals surface area contributed by atoms with Crippen molar-refractivity contribution in [2.24, 2.45) is 0 Å². The molecule has 11 heteroatoms. The molecule has 2 saturated heterocycles. The third-order valence-electron chi connectivity index (χ3n) is 6.08. The zero-order chi connectivity index (χ0) is 22.9. The molecule has 1 amide bonds. The molecule has 1 aromatic heterocycles. The van der Waals surface area contributed by atoms with Gasteiger partial charge in [0.15, 0.2) is 5.76 Å². The predicted molar refractivity (Wildman–Crippen MR) is 121 cm³/mol. The summed E-state index contributed by atoms with van der Waals surface area (Å²) in [4.78, 5) is 19.1. The topological polar surface area (TPSA) is 90.2 Å². The number of amides is 1. The van der Waals surface area contributed by atoms with E-state index in [1.807, 2.05) is 24.3 Å². The summed E-state index contributed by atoms with van der Waals surface area (Å²) in [6, 6.07) is 7.80. The monoisotopic (exact) mass is 481 g/mol. The average molecular weight is 482 g/mol. The highest BCUT2D eigenvalue weighted by Crippen LogP contribution is 2.24. The SMILES string of the molecule is Cc1noc(C)c1S(=O)(=O)N1CCN(C(=O)CN2CCN(c3ccc(Cl)cc3)CC2)CC1. The molecule has 0 spiro atoms. The van der Waals surface area contributed by atoms with Gasteiger partial charge in [-0.15, -0.1) is 0 Å². The van der Waals surface area contributed by atoms with Gasteiger partial charge in [0, 0.05) is 63.1 Å². The number of hydrogen-bond donors (Lipinski definition) is 0. The first-order valence-corrected chi connectivity index (χ1v) is 12.5. The Balaban J connectivity index is 1.27. The Morgan fingerprint density at radius 1 is 1.00 bits per heavy atom. The molecular formula is C21H28ClN5O4S. The summed E-state index contributed by atoms with van der Waals surface area (Å²) >= 11 is 5.97. The van der Waals surface area contributed by atoms with Crippen LogP contribution in [0.2, 0.25) is 5.02 Å². The van der Waals surface area contributed by atoms with Crippen LogP contribution >= 0.6 is 11.6 Å². The number of anilines is 1. The van der Waals surface area contributed by atoms with Crippen molar-refractivity contribution in [3.8, 4) is 0 Å². The van der Waals surface area contributed by atoms with E-state index in [1.54, 1.807) is 18.7 Å². The fourth-order valence-corrected chi connectivity index (χ4v) is 6.10. The van der Waals surface area contributed by atoms with Gasteiger partial charge in [0.1, 0.15) is 10.6 Å². The van der Waals surface area contributed by atoms with Gasteiger partial charge in [-0.3, -0.25) is 9.69 Å². The lowest BCUT2D eigenvalue weighted by Crippen LogP contribution is -2.54. The van der Waals surface area contributed by atoms with Crippen molar-refractivity contribution in [2.75, 3.05) is 63.8 Å². The number of aryl methyl sites for hydroxylation is 2. The van der Waals surface area contributed by atoms with E-state index in [-0.39, 0.29) is 23.9 Å². The molecule has 2 aromatic rings. The molecule has 0 atom stereocenters. The third kappa shape index (κ3) is 4.78. The van der Waals surface area contributed by atoms with Gasteiger partial charge in [0.2, 0.25) is 15.9 Å². The minimum atomic E-state index is -3.68. The summed E-state index contributed by atoms with van der Waals surface area (Å²) in [5.74, 6) is 0.332. The molecule has 0 bridgehead atoms. The number of carbonyl (C=O) groups is 1. The van der Waals surface area contributed by atoms with Gasteiger partial charge in [-0.2, -0.15) is 4.31 Å². The molecule has 32 heavy (non-hydrogen) atoms. The molecular weight excluding hydrogens is 454 g/mol. The second-order valence-electron chi connectivity index (χ2n) is 8.18. The van der Waals surface area contributed by atoms with Gasteiger partial charge in [0.05, 0.1) is 6.54 Å². The number of nitrogens with zero attached hydrogens (tertiary/aromatic N) is 5. The summed E-state index contributed by atoms with van der Waals surface area (Å²) in [7, 11) is -3.68. The molecule has 174 valence electrons. The Morgan fingerprint density at radius 2 is 1.62 bits per heavy atom. The van der Waals surface area contributed by atoms with Crippen LogP contribution in [-0.2, 0) is 14.8 Å². The zero-order valence-electron chi connectivity index (χ0n) is 18.3. The number of hydrogen-bond acceptors (Lipinski definition) is 7. The molecule has 0 saturated carbocycles. The minimum absolute atomic E-state index is 0.0410. The van der Waals surface area contributed by atoms with Crippen LogP contribution in [0.25, 0.3) is 0 Å². The highest BCUT2D eigenvalue weighted by molar-refractivity contribution is 7.89. The maximum absolute atomic E-state index is 13.0. The van der Waals surface area contributed by atoms with Crippen LogP contribution in [0.5, 0.6) is 0 Å². The Kier molecular flexibility index (Phi) is 6.75. The molecule has 2 aliphatic heterocycles. The van der Waals surface area contributed by atoms with Crippen molar-refractivity contribution >= 4 is 33.2 Å². The van der Waals surface area contributed by atoms with Crippen LogP contribution in [0.4, 0.5) is 5.69 Å². The van der Waals surface area contributed by atoms with Gasteiger partial charge < -0.3 is 14.3 Å². The van der Waals surface area contributed by atoms with E-state index in [1.165, 1.54) is 4.31 Å². The fourth-order valence-electron chi connectivity index (χ4n) is 4.26. The lowest BCUT2D eigenvalue weighted by Gasteiger charge is -2.38. The molecule has 0 N–H and O–H groups in total. The van der Waals surface area contributed by atoms with Crippen LogP contribution in [0.1, 0.15) is 11.5 Å². The first-order valence-electron chi connectivity index (χ1n) is 10.7. The molecule has 0 unspecified atom stereocenters. The number of piperazine rings is 2. The highest BCUT2D eigenvalue weighted by atomic mass is 35.5. The Bertz CT molecular complexity index is 1040. The summed E-state index contributed by atoms with van der Waals surface area (Å²) in [5.41, 5.74) is 1.50. The molecule has 9 nitrogen and oxygen atoms in total. The number of carbonyl (C=O) groups excluding carboxylic acids is 1. The Labute approximate surface area is 193 Å². The number of halogens is 1. The molecule has 0 aliphatic carbocycles. The first kappa shape index (κ1) is 23.0. The Morgan fingerprint density at radius 3 is 2.19 bits per heavy atom. The van der Waals surface area contributed by atoms with Gasteiger partial charge in [-0.1, -0.05) is 16.8 Å². The van der Waals surface area contributed by atoms with E-state index >= 15 is 0 Å². The van der Waals surface area contributed by atoms with E-state index in [2.05, 4.69) is 15.0 Å². The average Bonchev–Trinajstić information content (AvgIpc) is 3.13. The number of aromatic nitrogens is 1. The van der Waals surface area contributed by atoms with Crippen LogP contribution < -0.4 is 4.90 Å². The Hall–Kier alpha value is -2.14. The summed E-state index contributed by atoms with van der Waals surface area (Å²) < 4.78 is 32.3. The van der Waals surface area contributed by atoms with Crippen molar-refractivity contribution in [3.63, 3.8) is 0 Å². The lowest BCUT2D eigenvalue weighted by atomic mass is 10.2. The van der Waals surface area contributed by atoms with Crippen molar-refractivity contribution < 1.29 is 17.7 Å². The molecule has 3 heterocycles. The third-order valence-corrected chi connectivity index (χ3v) is 8.48. The maximum atomic E-state index is 13.0. The summed E-state index contributed by atoms with van der Waals surface area (Å²) in [5, 5.41) is 4.47. The van der Waals surface area contributed by atoms with Crippen molar-refractivity contribution in [2.45, 2.75) is 18.7 Å². The normalized spacial score (nSPS) is 18.8. The summed E-state index contributed by atoms with van der Waals surface area (Å²) in [6.45, 7) is 8.16. The second-order valence-corrected chi connectivity index (χ2v) is 10.5. The van der Waals surface area contributed by atoms with E-state index in [0.29, 0.717) is 31.1 Å². The van der Waals surface area contributed by atoms with Gasteiger partial charge in [-0.05, 0) is 38.1 Å². The van der Waals surface area contributed by atoms with E-state index in [9.17, 15) is 13.2 Å². The van der Waals surface area contributed by atoms with Crippen molar-refractivity contribution in [1.29, 1.82) is 0 Å². The van der Waals surface area contributed by atoms with Crippen LogP contribution in [-0.4, -0.2) is 92.5 Å². The minimum Gasteiger partial charge on any atom is -0.369 e.